The van der Waals surface area contributed by atoms with Crippen LogP contribution in [0.1, 0.15) is 62.6 Å². The van der Waals surface area contributed by atoms with Crippen molar-refractivity contribution in [3.63, 3.8) is 0 Å². The maximum atomic E-state index is 2.38. The van der Waals surface area contributed by atoms with Gasteiger partial charge in [0.05, 0.1) is 0 Å². The van der Waals surface area contributed by atoms with E-state index in [0.717, 1.165) is 18.3 Å². The first-order valence-corrected chi connectivity index (χ1v) is 7.04. The molecule has 0 heterocycles. The van der Waals surface area contributed by atoms with E-state index in [9.17, 15) is 0 Å². The zero-order valence-corrected chi connectivity index (χ0v) is 11.4. The van der Waals surface area contributed by atoms with Gasteiger partial charge in [-0.1, -0.05) is 57.5 Å². The molecular formula is C17H24. The van der Waals surface area contributed by atoms with E-state index >= 15 is 0 Å². The van der Waals surface area contributed by atoms with E-state index < -0.39 is 0 Å². The molecule has 0 saturated carbocycles. The van der Waals surface area contributed by atoms with Crippen LogP contribution in [0.3, 0.4) is 0 Å². The van der Waals surface area contributed by atoms with Crippen molar-refractivity contribution in [3.05, 3.63) is 41.0 Å². The minimum atomic E-state index is 0.739. The summed E-state index contributed by atoms with van der Waals surface area (Å²) in [5.41, 5.74) is 4.62. The van der Waals surface area contributed by atoms with Crippen LogP contribution in [0.5, 0.6) is 0 Å². The highest BCUT2D eigenvalue weighted by atomic mass is 14.2. The van der Waals surface area contributed by atoms with Crippen LogP contribution >= 0.6 is 0 Å². The Morgan fingerprint density at radius 1 is 1.18 bits per heavy atom. The number of benzene rings is 1. The molecule has 1 aromatic rings. The van der Waals surface area contributed by atoms with Gasteiger partial charge in [0.1, 0.15) is 0 Å². The Bertz CT molecular complexity index is 400. The number of fused-ring (bicyclic) bond motifs is 1. The molecule has 0 aliphatic heterocycles. The molecule has 0 spiro atoms. The molecule has 0 saturated heterocycles. The summed E-state index contributed by atoms with van der Waals surface area (Å²) in [6, 6.07) is 6.85. The maximum Gasteiger partial charge on any atom is -0.00881 e. The molecule has 1 aliphatic carbocycles. The number of allylic oxidation sites excluding steroid dienone is 1. The monoisotopic (exact) mass is 228 g/mol. The first-order valence-electron chi connectivity index (χ1n) is 7.04. The molecule has 0 fully saturated rings. The molecule has 0 N–H and O–H groups in total. The van der Waals surface area contributed by atoms with Gasteiger partial charge < -0.3 is 0 Å². The third-order valence-corrected chi connectivity index (χ3v) is 4.17. The highest BCUT2D eigenvalue weighted by Gasteiger charge is 2.18. The van der Waals surface area contributed by atoms with Gasteiger partial charge in [-0.2, -0.15) is 0 Å². The minimum absolute atomic E-state index is 0.739. The Balaban J connectivity index is 2.25. The van der Waals surface area contributed by atoms with Gasteiger partial charge in [-0.05, 0) is 47.8 Å². The average molecular weight is 228 g/mol. The van der Waals surface area contributed by atoms with E-state index in [0.29, 0.717) is 0 Å². The first-order chi connectivity index (χ1) is 8.26. The van der Waals surface area contributed by atoms with E-state index in [-0.39, 0.29) is 0 Å². The van der Waals surface area contributed by atoms with Crippen molar-refractivity contribution in [1.82, 2.24) is 0 Å². The summed E-state index contributed by atoms with van der Waals surface area (Å²) in [6.45, 7) is 7.00. The van der Waals surface area contributed by atoms with Gasteiger partial charge in [0.2, 0.25) is 0 Å². The second-order valence-electron chi connectivity index (χ2n) is 5.38. The molecule has 1 aromatic carbocycles. The Kier molecular flexibility index (Phi) is 4.04. The molecule has 0 amide bonds. The SMILES string of the molecule is CCC(C)CC(CC)c1cccc2c1C=CC2. The molecule has 2 rings (SSSR count). The van der Waals surface area contributed by atoms with Gasteiger partial charge in [-0.3, -0.25) is 0 Å². The predicted molar refractivity (Wildman–Crippen MR) is 76.3 cm³/mol. The molecule has 0 bridgehead atoms. The highest BCUT2D eigenvalue weighted by molar-refractivity contribution is 5.64. The van der Waals surface area contributed by atoms with E-state index in [2.05, 4.69) is 51.1 Å². The first kappa shape index (κ1) is 12.4. The Morgan fingerprint density at radius 3 is 2.71 bits per heavy atom. The van der Waals surface area contributed by atoms with Crippen LogP contribution in [0.4, 0.5) is 0 Å². The van der Waals surface area contributed by atoms with Crippen LogP contribution in [-0.2, 0) is 6.42 Å². The van der Waals surface area contributed by atoms with Crippen molar-refractivity contribution >= 4 is 6.08 Å². The second-order valence-corrected chi connectivity index (χ2v) is 5.38. The molecule has 1 aliphatic rings. The van der Waals surface area contributed by atoms with Gasteiger partial charge in [0.25, 0.3) is 0 Å². The van der Waals surface area contributed by atoms with Crippen molar-refractivity contribution in [2.75, 3.05) is 0 Å². The van der Waals surface area contributed by atoms with Crippen molar-refractivity contribution < 1.29 is 0 Å². The Hall–Kier alpha value is -1.04. The fourth-order valence-electron chi connectivity index (χ4n) is 2.84. The Morgan fingerprint density at radius 2 is 2.00 bits per heavy atom. The zero-order valence-electron chi connectivity index (χ0n) is 11.4. The van der Waals surface area contributed by atoms with E-state index in [1.54, 1.807) is 5.56 Å². The third kappa shape index (κ3) is 2.62. The third-order valence-electron chi connectivity index (χ3n) is 4.17. The number of hydrogen-bond donors (Lipinski definition) is 0. The summed E-state index contributed by atoms with van der Waals surface area (Å²) in [5.74, 6) is 1.57. The lowest BCUT2D eigenvalue weighted by molar-refractivity contribution is 0.446. The fraction of sp³-hybridized carbons (Fsp3) is 0.529. The minimum Gasteiger partial charge on any atom is -0.0795 e. The summed E-state index contributed by atoms with van der Waals surface area (Å²) in [6.07, 6.45) is 9.63. The number of rotatable bonds is 5. The predicted octanol–water partition coefficient (Wildman–Crippen LogP) is 5.19. The summed E-state index contributed by atoms with van der Waals surface area (Å²) < 4.78 is 0. The molecule has 0 nitrogen and oxygen atoms in total. The molecule has 0 radical (unpaired) electrons. The summed E-state index contributed by atoms with van der Waals surface area (Å²) >= 11 is 0. The highest BCUT2D eigenvalue weighted by Crippen LogP contribution is 2.34. The van der Waals surface area contributed by atoms with Crippen molar-refractivity contribution in [2.24, 2.45) is 5.92 Å². The lowest BCUT2D eigenvalue weighted by Gasteiger charge is -2.21. The molecule has 2 atom stereocenters. The van der Waals surface area contributed by atoms with Crippen LogP contribution in [-0.4, -0.2) is 0 Å². The molecule has 92 valence electrons. The Labute approximate surface area is 106 Å². The van der Waals surface area contributed by atoms with Gasteiger partial charge in [0.15, 0.2) is 0 Å². The normalized spacial score (nSPS) is 16.9. The van der Waals surface area contributed by atoms with Gasteiger partial charge in [0, 0.05) is 0 Å². The van der Waals surface area contributed by atoms with Crippen LogP contribution in [0.15, 0.2) is 24.3 Å². The second kappa shape index (κ2) is 5.53. The lowest BCUT2D eigenvalue weighted by atomic mass is 9.84. The summed E-state index contributed by atoms with van der Waals surface area (Å²) in [4.78, 5) is 0. The lowest BCUT2D eigenvalue weighted by Crippen LogP contribution is -2.06. The summed E-state index contributed by atoms with van der Waals surface area (Å²) in [7, 11) is 0. The van der Waals surface area contributed by atoms with E-state index in [1.165, 1.54) is 30.4 Å². The van der Waals surface area contributed by atoms with Crippen LogP contribution in [0.25, 0.3) is 6.08 Å². The number of hydrogen-bond acceptors (Lipinski definition) is 0. The van der Waals surface area contributed by atoms with Gasteiger partial charge in [-0.25, -0.2) is 0 Å². The fourth-order valence-corrected chi connectivity index (χ4v) is 2.84. The van der Waals surface area contributed by atoms with E-state index in [1.807, 2.05) is 0 Å². The smallest absolute Gasteiger partial charge is 0.00881 e. The van der Waals surface area contributed by atoms with E-state index in [4.69, 9.17) is 0 Å². The average Bonchev–Trinajstić information content (AvgIpc) is 2.83. The zero-order chi connectivity index (χ0) is 12.3. The standard InChI is InChI=1S/C17H24/c1-4-13(3)12-14(5-2)16-10-6-8-15-9-7-11-17(15)16/h6-8,10-11,13-14H,4-5,9,12H2,1-3H3. The van der Waals surface area contributed by atoms with Crippen LogP contribution in [0, 0.1) is 5.92 Å². The summed E-state index contributed by atoms with van der Waals surface area (Å²) in [5, 5.41) is 0. The van der Waals surface area contributed by atoms with Gasteiger partial charge >= 0.3 is 0 Å². The molecular weight excluding hydrogens is 204 g/mol. The van der Waals surface area contributed by atoms with Crippen LogP contribution < -0.4 is 0 Å². The van der Waals surface area contributed by atoms with Crippen LogP contribution in [0.2, 0.25) is 0 Å². The quantitative estimate of drug-likeness (QED) is 0.651. The molecule has 0 aromatic heterocycles. The van der Waals surface area contributed by atoms with Gasteiger partial charge in [-0.15, -0.1) is 0 Å². The maximum absolute atomic E-state index is 2.38. The molecule has 17 heavy (non-hydrogen) atoms. The van der Waals surface area contributed by atoms with Crippen molar-refractivity contribution in [3.8, 4) is 0 Å². The molecule has 0 heteroatoms. The largest absolute Gasteiger partial charge is 0.0795 e. The topological polar surface area (TPSA) is 0 Å². The van der Waals surface area contributed by atoms with Crippen molar-refractivity contribution in [2.45, 2.75) is 52.4 Å². The van der Waals surface area contributed by atoms with Crippen molar-refractivity contribution in [1.29, 1.82) is 0 Å². The molecule has 2 unspecified atom stereocenters.